The second-order valence-electron chi connectivity index (χ2n) is 15.4. The number of hydrogen-bond acceptors (Lipinski definition) is 2. The Morgan fingerprint density at radius 1 is 0.322 bits per heavy atom. The maximum Gasteiger partial charge on any atom is 0.135 e. The Balaban J connectivity index is 0.927. The molecular formula is C56H36N2O. The molecule has 0 atom stereocenters. The molecule has 0 aliphatic carbocycles. The van der Waals surface area contributed by atoms with Gasteiger partial charge >= 0.3 is 0 Å². The average molecular weight is 753 g/mol. The zero-order valence-electron chi connectivity index (χ0n) is 32.1. The zero-order valence-corrected chi connectivity index (χ0v) is 32.1. The van der Waals surface area contributed by atoms with Gasteiger partial charge in [0, 0.05) is 44.3 Å². The van der Waals surface area contributed by atoms with E-state index in [2.05, 4.69) is 216 Å². The third kappa shape index (κ3) is 5.51. The molecule has 2 aromatic heterocycles. The molecule has 276 valence electrons. The summed E-state index contributed by atoms with van der Waals surface area (Å²) >= 11 is 0. The molecule has 3 heteroatoms. The molecule has 0 aliphatic rings. The number of hydrogen-bond donors (Lipinski definition) is 0. The minimum Gasteiger partial charge on any atom is -0.456 e. The van der Waals surface area contributed by atoms with Crippen LogP contribution in [0.5, 0.6) is 0 Å². The highest BCUT2D eigenvalue weighted by molar-refractivity contribution is 6.13. The number of furan rings is 1. The number of benzene rings is 10. The van der Waals surface area contributed by atoms with E-state index < -0.39 is 0 Å². The Labute approximate surface area is 341 Å². The van der Waals surface area contributed by atoms with E-state index in [-0.39, 0.29) is 0 Å². The fourth-order valence-corrected chi connectivity index (χ4v) is 9.11. The van der Waals surface area contributed by atoms with Crippen LogP contribution < -0.4 is 4.90 Å². The summed E-state index contributed by atoms with van der Waals surface area (Å²) in [5.74, 6) is 0. The van der Waals surface area contributed by atoms with Gasteiger partial charge in [-0.25, -0.2) is 0 Å². The van der Waals surface area contributed by atoms with Crippen LogP contribution in [0.25, 0.3) is 93.2 Å². The van der Waals surface area contributed by atoms with Crippen LogP contribution in [0.4, 0.5) is 17.1 Å². The topological polar surface area (TPSA) is 21.3 Å². The summed E-state index contributed by atoms with van der Waals surface area (Å²) in [6.07, 6.45) is 0. The lowest BCUT2D eigenvalue weighted by atomic mass is 9.98. The van der Waals surface area contributed by atoms with E-state index in [1.54, 1.807) is 0 Å². The van der Waals surface area contributed by atoms with Crippen molar-refractivity contribution in [2.45, 2.75) is 0 Å². The second kappa shape index (κ2) is 13.4. The van der Waals surface area contributed by atoms with Crippen molar-refractivity contribution in [2.24, 2.45) is 0 Å². The zero-order chi connectivity index (χ0) is 38.9. The fraction of sp³-hybridized carbons (Fsp3) is 0. The van der Waals surface area contributed by atoms with E-state index in [4.69, 9.17) is 4.42 Å². The molecule has 0 amide bonds. The first kappa shape index (κ1) is 33.3. The van der Waals surface area contributed by atoms with E-state index in [0.29, 0.717) is 0 Å². The lowest BCUT2D eigenvalue weighted by molar-refractivity contribution is 0.669. The van der Waals surface area contributed by atoms with Crippen LogP contribution in [0.2, 0.25) is 0 Å². The molecular weight excluding hydrogens is 717 g/mol. The quantitative estimate of drug-likeness (QED) is 0.169. The maximum absolute atomic E-state index is 6.23. The number of aromatic nitrogens is 1. The first-order chi connectivity index (χ1) is 29.2. The van der Waals surface area contributed by atoms with Gasteiger partial charge in [0.15, 0.2) is 0 Å². The van der Waals surface area contributed by atoms with Crippen molar-refractivity contribution in [1.29, 1.82) is 0 Å². The van der Waals surface area contributed by atoms with Crippen molar-refractivity contribution in [3.8, 4) is 27.9 Å². The monoisotopic (exact) mass is 752 g/mol. The summed E-state index contributed by atoms with van der Waals surface area (Å²) in [5.41, 5.74) is 13.3. The molecule has 0 radical (unpaired) electrons. The molecule has 0 fully saturated rings. The molecule has 0 saturated heterocycles. The Bertz CT molecular complexity index is 3530. The summed E-state index contributed by atoms with van der Waals surface area (Å²) in [7, 11) is 0. The highest BCUT2D eigenvalue weighted by Gasteiger charge is 2.17. The number of anilines is 3. The van der Waals surface area contributed by atoms with Gasteiger partial charge in [0.1, 0.15) is 11.2 Å². The molecule has 0 unspecified atom stereocenters. The van der Waals surface area contributed by atoms with Crippen LogP contribution in [0.1, 0.15) is 0 Å². The molecule has 0 bridgehead atoms. The smallest absolute Gasteiger partial charge is 0.135 e. The van der Waals surface area contributed by atoms with Gasteiger partial charge in [-0.1, -0.05) is 140 Å². The molecule has 12 aromatic rings. The Morgan fingerprint density at radius 2 is 0.881 bits per heavy atom. The van der Waals surface area contributed by atoms with E-state index in [9.17, 15) is 0 Å². The summed E-state index contributed by atoms with van der Waals surface area (Å²) in [6.45, 7) is 0. The second-order valence-corrected chi connectivity index (χ2v) is 15.4. The third-order valence-corrected chi connectivity index (χ3v) is 12.0. The summed E-state index contributed by atoms with van der Waals surface area (Å²) in [6, 6.07) is 78.8. The van der Waals surface area contributed by atoms with Gasteiger partial charge in [0.05, 0.1) is 11.0 Å². The molecule has 3 nitrogen and oxygen atoms in total. The van der Waals surface area contributed by atoms with Crippen LogP contribution in [-0.4, -0.2) is 4.57 Å². The molecule has 0 aliphatic heterocycles. The predicted octanol–water partition coefficient (Wildman–Crippen LogP) is 15.8. The SMILES string of the molecule is c1ccc2cc3c(cc2c1)c1ccccc1n3-c1ccc(-c2ccc(N(c3ccc(-c4cccc5ccccc45)cc3)c3ccc4oc5ccccc5c4c3)cc2)cc1. The van der Waals surface area contributed by atoms with Gasteiger partial charge in [-0.2, -0.15) is 0 Å². The van der Waals surface area contributed by atoms with Crippen LogP contribution in [0.3, 0.4) is 0 Å². The largest absolute Gasteiger partial charge is 0.456 e. The maximum atomic E-state index is 6.23. The normalized spacial score (nSPS) is 11.7. The van der Waals surface area contributed by atoms with Gasteiger partial charge in [-0.15, -0.1) is 0 Å². The van der Waals surface area contributed by atoms with Crippen LogP contribution in [-0.2, 0) is 0 Å². The van der Waals surface area contributed by atoms with E-state index in [1.807, 2.05) is 12.1 Å². The molecule has 0 saturated carbocycles. The van der Waals surface area contributed by atoms with Crippen LogP contribution in [0, 0.1) is 0 Å². The lowest BCUT2D eigenvalue weighted by Crippen LogP contribution is -2.09. The Kier molecular flexibility index (Phi) is 7.54. The highest BCUT2D eigenvalue weighted by atomic mass is 16.3. The first-order valence-corrected chi connectivity index (χ1v) is 20.2. The number of para-hydroxylation sites is 2. The van der Waals surface area contributed by atoms with E-state index in [0.717, 1.165) is 50.3 Å². The van der Waals surface area contributed by atoms with Crippen molar-refractivity contribution in [2.75, 3.05) is 4.90 Å². The minimum absolute atomic E-state index is 0.884. The predicted molar refractivity (Wildman–Crippen MR) is 249 cm³/mol. The van der Waals surface area contributed by atoms with Crippen molar-refractivity contribution < 1.29 is 4.42 Å². The number of fused-ring (bicyclic) bond motifs is 8. The first-order valence-electron chi connectivity index (χ1n) is 20.2. The third-order valence-electron chi connectivity index (χ3n) is 12.0. The molecule has 10 aromatic carbocycles. The lowest BCUT2D eigenvalue weighted by Gasteiger charge is -2.26. The number of nitrogens with zero attached hydrogens (tertiary/aromatic N) is 2. The highest BCUT2D eigenvalue weighted by Crippen LogP contribution is 2.41. The Hall–Kier alpha value is -7.88. The fourth-order valence-electron chi connectivity index (χ4n) is 9.11. The van der Waals surface area contributed by atoms with Gasteiger partial charge in [0.2, 0.25) is 0 Å². The van der Waals surface area contributed by atoms with Gasteiger partial charge in [-0.3, -0.25) is 0 Å². The summed E-state index contributed by atoms with van der Waals surface area (Å²) in [4.78, 5) is 2.34. The van der Waals surface area contributed by atoms with Gasteiger partial charge in [0.25, 0.3) is 0 Å². The summed E-state index contributed by atoms with van der Waals surface area (Å²) in [5, 5.41) is 9.75. The van der Waals surface area contributed by atoms with Crippen LogP contribution in [0.15, 0.2) is 223 Å². The standard InChI is InChI=1S/C56H36N2O/c1-2-12-42-35-54-51(34-41(42)11-1)49-15-5-7-18-53(49)58(54)45-28-22-38(23-29-45)37-20-26-43(27-21-37)57(46-32-33-56-52(36-46)50-16-6-8-19-55(50)59-56)44-30-24-40(25-31-44)48-17-9-13-39-10-3-4-14-47(39)48/h1-36H. The number of rotatable bonds is 6. The summed E-state index contributed by atoms with van der Waals surface area (Å²) < 4.78 is 8.63. The average Bonchev–Trinajstić information content (AvgIpc) is 3.84. The van der Waals surface area contributed by atoms with Crippen molar-refractivity contribution in [3.05, 3.63) is 218 Å². The molecule has 0 N–H and O–H groups in total. The van der Waals surface area contributed by atoms with Crippen molar-refractivity contribution in [1.82, 2.24) is 4.57 Å². The van der Waals surface area contributed by atoms with E-state index in [1.165, 1.54) is 60.0 Å². The van der Waals surface area contributed by atoms with Crippen LogP contribution >= 0.6 is 0 Å². The molecule has 0 spiro atoms. The van der Waals surface area contributed by atoms with Crippen molar-refractivity contribution >= 4 is 82.4 Å². The van der Waals surface area contributed by atoms with Gasteiger partial charge in [-0.05, 0) is 123 Å². The van der Waals surface area contributed by atoms with E-state index >= 15 is 0 Å². The van der Waals surface area contributed by atoms with Gasteiger partial charge < -0.3 is 13.9 Å². The Morgan fingerprint density at radius 3 is 1.64 bits per heavy atom. The molecule has 12 rings (SSSR count). The molecule has 2 heterocycles. The molecule has 59 heavy (non-hydrogen) atoms. The van der Waals surface area contributed by atoms with Crippen molar-refractivity contribution in [3.63, 3.8) is 0 Å². The minimum atomic E-state index is 0.884.